The van der Waals surface area contributed by atoms with Crippen molar-refractivity contribution in [2.45, 2.75) is 26.3 Å². The van der Waals surface area contributed by atoms with Crippen LogP contribution >= 0.6 is 0 Å². The summed E-state index contributed by atoms with van der Waals surface area (Å²) in [7, 11) is 1.70. The molecule has 17 heavy (non-hydrogen) atoms. The first-order valence-corrected chi connectivity index (χ1v) is 5.93. The van der Waals surface area contributed by atoms with Crippen molar-refractivity contribution in [3.05, 3.63) is 29.8 Å². The summed E-state index contributed by atoms with van der Waals surface area (Å²) in [6.45, 7) is 3.52. The second-order valence-corrected chi connectivity index (χ2v) is 4.08. The molecule has 0 atom stereocenters. The van der Waals surface area contributed by atoms with Gasteiger partial charge in [0.05, 0.1) is 6.54 Å². The van der Waals surface area contributed by atoms with Crippen molar-refractivity contribution in [1.82, 2.24) is 5.32 Å². The van der Waals surface area contributed by atoms with E-state index in [-0.39, 0.29) is 6.54 Å². The Labute approximate surface area is 102 Å². The van der Waals surface area contributed by atoms with E-state index < -0.39 is 6.43 Å². The van der Waals surface area contributed by atoms with Gasteiger partial charge < -0.3 is 10.2 Å². The van der Waals surface area contributed by atoms with E-state index in [1.165, 1.54) is 0 Å². The normalized spacial score (nSPS) is 10.9. The van der Waals surface area contributed by atoms with E-state index in [9.17, 15) is 8.78 Å². The largest absolute Gasteiger partial charge is 0.369 e. The molecule has 0 bridgehead atoms. The maximum Gasteiger partial charge on any atom is 0.255 e. The molecule has 0 amide bonds. The molecule has 1 aromatic rings. The Morgan fingerprint density at radius 2 is 2.00 bits per heavy atom. The van der Waals surface area contributed by atoms with Crippen LogP contribution in [0.15, 0.2) is 24.3 Å². The minimum absolute atomic E-state index is 0.231. The summed E-state index contributed by atoms with van der Waals surface area (Å²) in [5, 5.41) is 3.29. The summed E-state index contributed by atoms with van der Waals surface area (Å²) < 4.78 is 24.7. The summed E-state index contributed by atoms with van der Waals surface area (Å²) in [5.41, 5.74) is 1.93. The van der Waals surface area contributed by atoms with Crippen molar-refractivity contribution in [2.24, 2.45) is 0 Å². The first-order valence-electron chi connectivity index (χ1n) is 5.93. The molecular weight excluding hydrogens is 222 g/mol. The van der Waals surface area contributed by atoms with Gasteiger partial charge in [-0.15, -0.1) is 0 Å². The molecule has 0 spiro atoms. The van der Waals surface area contributed by atoms with Crippen LogP contribution in [0.25, 0.3) is 0 Å². The van der Waals surface area contributed by atoms with Gasteiger partial charge in [-0.05, 0) is 24.6 Å². The third-order valence-corrected chi connectivity index (χ3v) is 2.56. The fourth-order valence-corrected chi connectivity index (χ4v) is 1.74. The van der Waals surface area contributed by atoms with Gasteiger partial charge in [0, 0.05) is 19.3 Å². The third kappa shape index (κ3) is 4.69. The number of halogens is 2. The Kier molecular flexibility index (Phi) is 5.91. The summed E-state index contributed by atoms with van der Waals surface area (Å²) in [6.07, 6.45) is -1.24. The van der Waals surface area contributed by atoms with E-state index in [0.717, 1.165) is 30.8 Å². The molecule has 0 aliphatic rings. The maximum absolute atomic E-state index is 12.4. The van der Waals surface area contributed by atoms with Crippen LogP contribution in [-0.2, 0) is 6.54 Å². The zero-order valence-corrected chi connectivity index (χ0v) is 10.4. The molecule has 1 aromatic carbocycles. The molecule has 0 aliphatic carbocycles. The van der Waals surface area contributed by atoms with Crippen LogP contribution in [0.4, 0.5) is 14.5 Å². The summed E-state index contributed by atoms with van der Waals surface area (Å²) >= 11 is 0. The summed E-state index contributed by atoms with van der Waals surface area (Å²) in [4.78, 5) is 1.60. The fourth-order valence-electron chi connectivity index (χ4n) is 1.74. The number of nitrogens with zero attached hydrogens (tertiary/aromatic N) is 1. The lowest BCUT2D eigenvalue weighted by atomic mass is 10.1. The van der Waals surface area contributed by atoms with Gasteiger partial charge in [0.1, 0.15) is 0 Å². The molecule has 1 rings (SSSR count). The average molecular weight is 242 g/mol. The number of benzene rings is 1. The van der Waals surface area contributed by atoms with E-state index in [2.05, 4.69) is 12.2 Å². The highest BCUT2D eigenvalue weighted by Crippen LogP contribution is 2.19. The first kappa shape index (κ1) is 13.9. The smallest absolute Gasteiger partial charge is 0.255 e. The van der Waals surface area contributed by atoms with E-state index >= 15 is 0 Å². The second-order valence-electron chi connectivity index (χ2n) is 4.08. The Balaban J connectivity index is 2.69. The number of para-hydroxylation sites is 1. The van der Waals surface area contributed by atoms with Crippen molar-refractivity contribution in [3.8, 4) is 0 Å². The lowest BCUT2D eigenvalue weighted by Gasteiger charge is -2.22. The Morgan fingerprint density at radius 3 is 2.65 bits per heavy atom. The minimum Gasteiger partial charge on any atom is -0.369 e. The summed E-state index contributed by atoms with van der Waals surface area (Å²) in [6, 6.07) is 7.66. The second kappa shape index (κ2) is 7.22. The molecular formula is C13H20F2N2. The molecule has 0 unspecified atom stereocenters. The van der Waals surface area contributed by atoms with Crippen LogP contribution in [0.1, 0.15) is 18.9 Å². The third-order valence-electron chi connectivity index (χ3n) is 2.56. The monoisotopic (exact) mass is 242 g/mol. The number of nitrogens with one attached hydrogen (secondary N) is 1. The van der Waals surface area contributed by atoms with Crippen molar-refractivity contribution in [1.29, 1.82) is 0 Å². The molecule has 1 N–H and O–H groups in total. The zero-order chi connectivity index (χ0) is 12.7. The number of alkyl halides is 2. The number of rotatable bonds is 7. The molecule has 0 saturated heterocycles. The van der Waals surface area contributed by atoms with Gasteiger partial charge in [-0.25, -0.2) is 8.78 Å². The minimum atomic E-state index is -2.31. The predicted octanol–water partition coefficient (Wildman–Crippen LogP) is 2.89. The van der Waals surface area contributed by atoms with Gasteiger partial charge in [-0.1, -0.05) is 25.1 Å². The van der Waals surface area contributed by atoms with Crippen LogP contribution in [0.5, 0.6) is 0 Å². The van der Waals surface area contributed by atoms with Crippen molar-refractivity contribution >= 4 is 5.69 Å². The fraction of sp³-hybridized carbons (Fsp3) is 0.538. The standard InChI is InChI=1S/C13H20F2N2/c1-3-8-16-9-11-6-4-5-7-12(11)17(2)10-13(14)15/h4-7,13,16H,3,8-10H2,1-2H3. The highest BCUT2D eigenvalue weighted by Gasteiger charge is 2.11. The lowest BCUT2D eigenvalue weighted by molar-refractivity contribution is 0.156. The molecule has 2 nitrogen and oxygen atoms in total. The van der Waals surface area contributed by atoms with Gasteiger partial charge in [0.25, 0.3) is 6.43 Å². The Hall–Kier alpha value is -1.16. The van der Waals surface area contributed by atoms with Crippen LogP contribution < -0.4 is 10.2 Å². The van der Waals surface area contributed by atoms with Crippen LogP contribution in [0, 0.1) is 0 Å². The number of anilines is 1. The van der Waals surface area contributed by atoms with E-state index in [0.29, 0.717) is 0 Å². The molecule has 0 saturated carbocycles. The molecule has 0 aliphatic heterocycles. The van der Waals surface area contributed by atoms with E-state index in [4.69, 9.17) is 0 Å². The maximum atomic E-state index is 12.4. The summed E-state index contributed by atoms with van der Waals surface area (Å²) in [5.74, 6) is 0. The molecule has 0 aromatic heterocycles. The average Bonchev–Trinajstić information content (AvgIpc) is 2.29. The molecule has 0 radical (unpaired) electrons. The highest BCUT2D eigenvalue weighted by molar-refractivity contribution is 5.53. The van der Waals surface area contributed by atoms with Crippen molar-refractivity contribution < 1.29 is 8.78 Å². The molecule has 0 fully saturated rings. The van der Waals surface area contributed by atoms with Gasteiger partial charge in [0.15, 0.2) is 0 Å². The van der Waals surface area contributed by atoms with E-state index in [1.54, 1.807) is 11.9 Å². The molecule has 96 valence electrons. The molecule has 0 heterocycles. The first-order chi connectivity index (χ1) is 8.15. The SMILES string of the molecule is CCCNCc1ccccc1N(C)CC(F)F. The number of hydrogen-bond donors (Lipinski definition) is 1. The molecule has 4 heteroatoms. The lowest BCUT2D eigenvalue weighted by Crippen LogP contribution is -2.26. The topological polar surface area (TPSA) is 15.3 Å². The van der Waals surface area contributed by atoms with Crippen LogP contribution in [0.2, 0.25) is 0 Å². The van der Waals surface area contributed by atoms with Crippen LogP contribution in [0.3, 0.4) is 0 Å². The zero-order valence-electron chi connectivity index (χ0n) is 10.4. The predicted molar refractivity (Wildman–Crippen MR) is 67.7 cm³/mol. The van der Waals surface area contributed by atoms with E-state index in [1.807, 2.05) is 24.3 Å². The van der Waals surface area contributed by atoms with Crippen molar-refractivity contribution in [2.75, 3.05) is 25.0 Å². The van der Waals surface area contributed by atoms with Crippen LogP contribution in [-0.4, -0.2) is 26.6 Å². The van der Waals surface area contributed by atoms with Crippen molar-refractivity contribution in [3.63, 3.8) is 0 Å². The Bertz CT molecular complexity index is 329. The Morgan fingerprint density at radius 1 is 1.29 bits per heavy atom. The quantitative estimate of drug-likeness (QED) is 0.740. The van der Waals surface area contributed by atoms with Gasteiger partial charge in [-0.3, -0.25) is 0 Å². The van der Waals surface area contributed by atoms with Gasteiger partial charge in [0.2, 0.25) is 0 Å². The van der Waals surface area contributed by atoms with Gasteiger partial charge in [-0.2, -0.15) is 0 Å². The highest BCUT2D eigenvalue weighted by atomic mass is 19.3. The number of hydrogen-bond acceptors (Lipinski definition) is 2. The van der Waals surface area contributed by atoms with Gasteiger partial charge >= 0.3 is 0 Å².